The number of rotatable bonds is 8. The number of halogens is 2. The largest absolute Gasteiger partial charge is 0.375 e. The molecule has 1 aliphatic rings. The molecule has 4 rings (SSSR count). The molecule has 1 saturated heterocycles. The molecule has 0 unspecified atom stereocenters. The fourth-order valence-corrected chi connectivity index (χ4v) is 4.55. The van der Waals surface area contributed by atoms with Crippen LogP contribution in [-0.4, -0.2) is 31.2 Å². The van der Waals surface area contributed by atoms with E-state index in [2.05, 4.69) is 17.6 Å². The Kier molecular flexibility index (Phi) is 8.26. The highest BCUT2D eigenvalue weighted by Crippen LogP contribution is 2.30. The number of nitrogens with one attached hydrogen (secondary N) is 2. The molecule has 0 spiro atoms. The quantitative estimate of drug-likeness (QED) is 0.434. The zero-order chi connectivity index (χ0) is 24.8. The third kappa shape index (κ3) is 6.74. The van der Waals surface area contributed by atoms with Gasteiger partial charge in [-0.25, -0.2) is 8.78 Å². The molecule has 0 saturated carbocycles. The number of benzene rings is 3. The smallest absolute Gasteiger partial charge is 0.225 e. The molecule has 6 heteroatoms. The summed E-state index contributed by atoms with van der Waals surface area (Å²) >= 11 is 0. The Bertz CT molecular complexity index is 1140. The highest BCUT2D eigenvalue weighted by atomic mass is 19.1. The maximum atomic E-state index is 14.7. The minimum absolute atomic E-state index is 0.0125. The fourth-order valence-electron chi connectivity index (χ4n) is 4.55. The van der Waals surface area contributed by atoms with Crippen molar-refractivity contribution in [2.75, 3.05) is 18.5 Å². The molecular formula is C29H32F2N2O2. The van der Waals surface area contributed by atoms with Gasteiger partial charge in [0.15, 0.2) is 0 Å². The van der Waals surface area contributed by atoms with Crippen LogP contribution in [-0.2, 0) is 16.0 Å². The number of hydrogen-bond donors (Lipinski definition) is 2. The van der Waals surface area contributed by atoms with E-state index in [-0.39, 0.29) is 36.0 Å². The molecule has 184 valence electrons. The minimum Gasteiger partial charge on any atom is -0.375 e. The van der Waals surface area contributed by atoms with Crippen LogP contribution in [0.1, 0.15) is 47.9 Å². The molecule has 1 aliphatic heterocycles. The van der Waals surface area contributed by atoms with Gasteiger partial charge in [-0.3, -0.25) is 4.79 Å². The van der Waals surface area contributed by atoms with Crippen molar-refractivity contribution in [1.29, 1.82) is 0 Å². The van der Waals surface area contributed by atoms with Gasteiger partial charge < -0.3 is 15.4 Å². The Balaban J connectivity index is 1.49. The van der Waals surface area contributed by atoms with Crippen molar-refractivity contribution in [3.8, 4) is 0 Å². The summed E-state index contributed by atoms with van der Waals surface area (Å²) in [5.41, 5.74) is 3.87. The van der Waals surface area contributed by atoms with Crippen LogP contribution < -0.4 is 10.6 Å². The van der Waals surface area contributed by atoms with E-state index in [1.807, 2.05) is 31.2 Å². The Morgan fingerprint density at radius 3 is 2.57 bits per heavy atom. The summed E-state index contributed by atoms with van der Waals surface area (Å²) < 4.78 is 34.1. The number of aryl methyl sites for hydroxylation is 1. The van der Waals surface area contributed by atoms with Crippen LogP contribution in [0, 0.1) is 18.6 Å². The van der Waals surface area contributed by atoms with Gasteiger partial charge in [-0.1, -0.05) is 48.0 Å². The van der Waals surface area contributed by atoms with E-state index in [1.54, 1.807) is 24.3 Å². The van der Waals surface area contributed by atoms with E-state index in [0.717, 1.165) is 23.2 Å². The molecule has 3 aromatic rings. The number of hydrogen-bond acceptors (Lipinski definition) is 3. The lowest BCUT2D eigenvalue weighted by molar-refractivity contribution is -0.116. The molecule has 2 N–H and O–H groups in total. The first-order valence-electron chi connectivity index (χ1n) is 12.1. The predicted molar refractivity (Wildman–Crippen MR) is 135 cm³/mol. The number of morpholine rings is 1. The second kappa shape index (κ2) is 11.6. The van der Waals surface area contributed by atoms with Crippen LogP contribution in [0.2, 0.25) is 0 Å². The lowest BCUT2D eigenvalue weighted by Gasteiger charge is -2.28. The van der Waals surface area contributed by atoms with E-state index >= 15 is 0 Å². The van der Waals surface area contributed by atoms with Crippen molar-refractivity contribution in [1.82, 2.24) is 5.32 Å². The van der Waals surface area contributed by atoms with Crippen LogP contribution in [0.15, 0.2) is 66.7 Å². The summed E-state index contributed by atoms with van der Waals surface area (Å²) in [5.74, 6) is -1.14. The molecule has 0 bridgehead atoms. The Labute approximate surface area is 205 Å². The molecule has 0 aliphatic carbocycles. The van der Waals surface area contributed by atoms with Gasteiger partial charge in [-0.15, -0.1) is 0 Å². The molecule has 3 aromatic carbocycles. The van der Waals surface area contributed by atoms with Gasteiger partial charge in [-0.2, -0.15) is 0 Å². The summed E-state index contributed by atoms with van der Waals surface area (Å²) in [6.07, 6.45) is 1.28. The molecule has 1 amide bonds. The summed E-state index contributed by atoms with van der Waals surface area (Å²) in [6, 6.07) is 19.3. The standard InChI is InChI=1S/C29H32F2N2O2/c1-19-5-3-6-22(15-19)26(21-9-11-23(30)12-10-21)16-29(34)33-28-8-4-7-27(31)25(28)14-13-24-17-32-20(2)18-35-24/h3-12,15,20,24,26,32H,13-14,16-18H2,1-2H3,(H,33,34)/t20-,24-,26+/m1/s1. The van der Waals surface area contributed by atoms with Crippen LogP contribution in [0.3, 0.4) is 0 Å². The van der Waals surface area contributed by atoms with Crippen LogP contribution in [0.4, 0.5) is 14.5 Å². The van der Waals surface area contributed by atoms with Gasteiger partial charge in [-0.05, 0) is 62.1 Å². The zero-order valence-corrected chi connectivity index (χ0v) is 20.2. The van der Waals surface area contributed by atoms with Crippen molar-refractivity contribution in [3.63, 3.8) is 0 Å². The maximum absolute atomic E-state index is 14.7. The monoisotopic (exact) mass is 478 g/mol. The molecule has 0 aromatic heterocycles. The molecular weight excluding hydrogens is 446 g/mol. The normalized spacial score (nSPS) is 18.7. The summed E-state index contributed by atoms with van der Waals surface area (Å²) in [7, 11) is 0. The van der Waals surface area contributed by atoms with Gasteiger partial charge in [0.2, 0.25) is 5.91 Å². The molecule has 35 heavy (non-hydrogen) atoms. The average Bonchev–Trinajstić information content (AvgIpc) is 2.84. The number of anilines is 1. The number of amides is 1. The molecule has 4 nitrogen and oxygen atoms in total. The van der Waals surface area contributed by atoms with Crippen molar-refractivity contribution in [3.05, 3.63) is 101 Å². The van der Waals surface area contributed by atoms with E-state index in [4.69, 9.17) is 4.74 Å². The second-order valence-electron chi connectivity index (χ2n) is 9.34. The Morgan fingerprint density at radius 2 is 1.86 bits per heavy atom. The average molecular weight is 479 g/mol. The van der Waals surface area contributed by atoms with Gasteiger partial charge >= 0.3 is 0 Å². The van der Waals surface area contributed by atoms with Gasteiger partial charge in [0.1, 0.15) is 11.6 Å². The van der Waals surface area contributed by atoms with Crippen molar-refractivity contribution < 1.29 is 18.3 Å². The second-order valence-corrected chi connectivity index (χ2v) is 9.34. The Hall–Kier alpha value is -3.09. The lowest BCUT2D eigenvalue weighted by atomic mass is 9.87. The van der Waals surface area contributed by atoms with Gasteiger partial charge in [0.05, 0.1) is 12.7 Å². The molecule has 1 fully saturated rings. The van der Waals surface area contributed by atoms with Crippen molar-refractivity contribution in [2.24, 2.45) is 0 Å². The third-order valence-corrected chi connectivity index (χ3v) is 6.49. The Morgan fingerprint density at radius 1 is 1.09 bits per heavy atom. The summed E-state index contributed by atoms with van der Waals surface area (Å²) in [4.78, 5) is 13.2. The third-order valence-electron chi connectivity index (χ3n) is 6.49. The first-order chi connectivity index (χ1) is 16.9. The van der Waals surface area contributed by atoms with Crippen LogP contribution >= 0.6 is 0 Å². The van der Waals surface area contributed by atoms with Crippen molar-refractivity contribution in [2.45, 2.75) is 51.2 Å². The first-order valence-corrected chi connectivity index (χ1v) is 12.1. The number of carbonyl (C=O) groups excluding carboxylic acids is 1. The van der Waals surface area contributed by atoms with E-state index in [0.29, 0.717) is 36.7 Å². The highest BCUT2D eigenvalue weighted by Gasteiger charge is 2.22. The summed E-state index contributed by atoms with van der Waals surface area (Å²) in [5, 5.41) is 6.31. The lowest BCUT2D eigenvalue weighted by Crippen LogP contribution is -2.44. The molecule has 3 atom stereocenters. The fraction of sp³-hybridized carbons (Fsp3) is 0.345. The van der Waals surface area contributed by atoms with Gasteiger partial charge in [0, 0.05) is 36.2 Å². The highest BCUT2D eigenvalue weighted by molar-refractivity contribution is 5.92. The van der Waals surface area contributed by atoms with E-state index < -0.39 is 0 Å². The van der Waals surface area contributed by atoms with E-state index in [9.17, 15) is 13.6 Å². The molecule has 0 radical (unpaired) electrons. The maximum Gasteiger partial charge on any atom is 0.225 e. The first kappa shape index (κ1) is 25.0. The van der Waals surface area contributed by atoms with Crippen molar-refractivity contribution >= 4 is 11.6 Å². The number of carbonyl (C=O) groups is 1. The van der Waals surface area contributed by atoms with E-state index in [1.165, 1.54) is 18.2 Å². The SMILES string of the molecule is Cc1cccc([C@@H](CC(=O)Nc2cccc(F)c2CC[C@@H]2CN[C@H](C)CO2)c2ccc(F)cc2)c1. The van der Waals surface area contributed by atoms with Crippen LogP contribution in [0.5, 0.6) is 0 Å². The minimum atomic E-state index is -0.339. The zero-order valence-electron chi connectivity index (χ0n) is 20.2. The van der Waals surface area contributed by atoms with Crippen LogP contribution in [0.25, 0.3) is 0 Å². The van der Waals surface area contributed by atoms with Gasteiger partial charge in [0.25, 0.3) is 0 Å². The topological polar surface area (TPSA) is 50.4 Å². The predicted octanol–water partition coefficient (Wildman–Crippen LogP) is 5.74. The summed E-state index contributed by atoms with van der Waals surface area (Å²) in [6.45, 7) is 5.43. The number of ether oxygens (including phenoxy) is 1. The molecule has 1 heterocycles.